The van der Waals surface area contributed by atoms with E-state index in [2.05, 4.69) is 30.4 Å². The first kappa shape index (κ1) is 38.0. The number of benzene rings is 7. The number of imide groups is 2. The molecule has 2 N–H and O–H groups in total. The Labute approximate surface area is 349 Å². The maximum Gasteiger partial charge on any atom is 0.258 e. The second-order valence-corrected chi connectivity index (χ2v) is 14.0. The van der Waals surface area contributed by atoms with Crippen molar-refractivity contribution in [3.63, 3.8) is 0 Å². The van der Waals surface area contributed by atoms with Crippen LogP contribution in [0.4, 0.5) is 0 Å². The highest BCUT2D eigenvalue weighted by atomic mass is 16.5. The molecule has 0 saturated carbocycles. The number of hydrogen-bond acceptors (Lipinski definition) is 8. The molecule has 296 valence electrons. The van der Waals surface area contributed by atoms with Gasteiger partial charge in [0, 0.05) is 43.1 Å². The first-order valence-electron chi connectivity index (χ1n) is 19.2. The molecule has 7 aromatic rings. The van der Waals surface area contributed by atoms with Gasteiger partial charge in [-0.25, -0.2) is 0 Å². The summed E-state index contributed by atoms with van der Waals surface area (Å²) < 4.78 is 27.0. The lowest BCUT2D eigenvalue weighted by Gasteiger charge is -2.28. The van der Waals surface area contributed by atoms with Crippen molar-refractivity contribution < 1.29 is 38.1 Å². The van der Waals surface area contributed by atoms with Crippen LogP contribution in [0.15, 0.2) is 171 Å². The van der Waals surface area contributed by atoms with Gasteiger partial charge in [-0.05, 0) is 79.8 Å². The summed E-state index contributed by atoms with van der Waals surface area (Å²) in [5, 5.41) is 8.00. The molecule has 4 amide bonds. The zero-order valence-electron chi connectivity index (χ0n) is 32.7. The Balaban J connectivity index is 1.60. The van der Waals surface area contributed by atoms with Crippen LogP contribution in [0.2, 0.25) is 0 Å². The van der Waals surface area contributed by atoms with Crippen molar-refractivity contribution in [2.45, 2.75) is 6.92 Å². The van der Waals surface area contributed by atoms with Crippen LogP contribution in [0.5, 0.6) is 34.5 Å². The van der Waals surface area contributed by atoms with E-state index in [0.717, 1.165) is 0 Å². The standard InChI is InChI=1S/C51H34N2O8/c1-5-9-19-29(18-8-4)59-37-25-33-41-35(51(57)53-49(33)55)26-38(60-30-20-12-10-13-21-30)44-42-36(58-28(16-6-2)17-7-3)24-32-40-34(50(56)52-48(32)54)27-39(61-31-22-14-11-15-23-31)45(46(40)42)43(37)47(41)44/h5-27H,1-2,4H2,3H3,(H,52,54,56)(H,53,55,57)/b17-7-,19-9-,28-16+,29-18+. The molecule has 0 bridgehead atoms. The van der Waals surface area contributed by atoms with Crippen LogP contribution < -0.4 is 29.6 Å². The van der Waals surface area contributed by atoms with Crippen LogP contribution in [0.3, 0.4) is 0 Å². The number of nitrogens with one attached hydrogen (secondary N) is 2. The van der Waals surface area contributed by atoms with Gasteiger partial charge in [0.05, 0.1) is 22.3 Å². The van der Waals surface area contributed by atoms with E-state index in [4.69, 9.17) is 18.9 Å². The van der Waals surface area contributed by atoms with E-state index in [1.54, 1.807) is 103 Å². The second kappa shape index (κ2) is 15.3. The van der Waals surface area contributed by atoms with Crippen molar-refractivity contribution in [2.24, 2.45) is 0 Å². The highest BCUT2D eigenvalue weighted by molar-refractivity contribution is 6.44. The number of allylic oxidation sites excluding steroid dienone is 9. The van der Waals surface area contributed by atoms with Crippen molar-refractivity contribution in [1.29, 1.82) is 0 Å². The van der Waals surface area contributed by atoms with Gasteiger partial charge < -0.3 is 18.9 Å². The molecule has 0 unspecified atom stereocenters. The van der Waals surface area contributed by atoms with Gasteiger partial charge in [-0.15, -0.1) is 0 Å². The monoisotopic (exact) mass is 802 g/mol. The Kier molecular flexibility index (Phi) is 9.57. The predicted octanol–water partition coefficient (Wildman–Crippen LogP) is 11.3. The Hall–Kier alpha value is -8.50. The third kappa shape index (κ3) is 6.39. The fourth-order valence-electron chi connectivity index (χ4n) is 7.97. The molecule has 2 heterocycles. The largest absolute Gasteiger partial charge is 0.457 e. The van der Waals surface area contributed by atoms with Crippen LogP contribution >= 0.6 is 0 Å². The van der Waals surface area contributed by atoms with Crippen molar-refractivity contribution in [1.82, 2.24) is 10.6 Å². The number of rotatable bonds is 13. The molecule has 61 heavy (non-hydrogen) atoms. The van der Waals surface area contributed by atoms with E-state index in [0.29, 0.717) is 66.1 Å². The quantitative estimate of drug-likeness (QED) is 0.0388. The third-order valence-electron chi connectivity index (χ3n) is 10.3. The van der Waals surface area contributed by atoms with Gasteiger partial charge in [0.2, 0.25) is 0 Å². The minimum atomic E-state index is -0.646. The highest BCUT2D eigenvalue weighted by Gasteiger charge is 2.37. The molecule has 2 aliphatic rings. The molecule has 0 spiro atoms. The van der Waals surface area contributed by atoms with E-state index in [-0.39, 0.29) is 45.3 Å². The molecule has 0 aromatic heterocycles. The lowest BCUT2D eigenvalue weighted by atomic mass is 9.81. The van der Waals surface area contributed by atoms with Crippen molar-refractivity contribution >= 4 is 66.7 Å². The highest BCUT2D eigenvalue weighted by Crippen LogP contribution is 2.56. The van der Waals surface area contributed by atoms with Gasteiger partial charge in [-0.2, -0.15) is 0 Å². The number of carbonyl (C=O) groups is 4. The summed E-state index contributed by atoms with van der Waals surface area (Å²) >= 11 is 0. The number of carbonyl (C=O) groups excluding carboxylic acids is 4. The minimum absolute atomic E-state index is 0.152. The summed E-state index contributed by atoms with van der Waals surface area (Å²) in [6, 6.07) is 24.3. The Morgan fingerprint density at radius 2 is 0.852 bits per heavy atom. The number of amides is 4. The van der Waals surface area contributed by atoms with Crippen molar-refractivity contribution in [3.8, 4) is 34.5 Å². The predicted molar refractivity (Wildman–Crippen MR) is 236 cm³/mol. The van der Waals surface area contributed by atoms with Crippen LogP contribution in [0.25, 0.3) is 43.1 Å². The summed E-state index contributed by atoms with van der Waals surface area (Å²) in [4.78, 5) is 55.9. The lowest BCUT2D eigenvalue weighted by molar-refractivity contribution is 0.0828. The van der Waals surface area contributed by atoms with Gasteiger partial charge in [0.25, 0.3) is 23.6 Å². The molecule has 9 rings (SSSR count). The fraction of sp³-hybridized carbons (Fsp3) is 0.0196. The summed E-state index contributed by atoms with van der Waals surface area (Å²) in [5.41, 5.74) is 0.643. The summed E-state index contributed by atoms with van der Waals surface area (Å²) in [7, 11) is 0. The van der Waals surface area contributed by atoms with Crippen LogP contribution in [0, 0.1) is 0 Å². The molecular formula is C51H34N2O8. The molecule has 0 saturated heterocycles. The molecule has 2 aliphatic heterocycles. The maximum absolute atomic E-state index is 14.0. The third-order valence-corrected chi connectivity index (χ3v) is 10.3. The molecule has 10 heteroatoms. The molecular weight excluding hydrogens is 769 g/mol. The molecule has 0 radical (unpaired) electrons. The molecule has 0 aliphatic carbocycles. The maximum atomic E-state index is 14.0. The number of hydrogen-bond donors (Lipinski definition) is 2. The van der Waals surface area contributed by atoms with Gasteiger partial charge >= 0.3 is 0 Å². The summed E-state index contributed by atoms with van der Waals surface area (Å²) in [6.07, 6.45) is 14.9. The summed E-state index contributed by atoms with van der Waals surface area (Å²) in [6.45, 7) is 13.4. The topological polar surface area (TPSA) is 129 Å². The minimum Gasteiger partial charge on any atom is -0.457 e. The number of fused-ring (bicyclic) bond motifs is 2. The lowest BCUT2D eigenvalue weighted by Crippen LogP contribution is -2.35. The van der Waals surface area contributed by atoms with Crippen molar-refractivity contribution in [3.05, 3.63) is 193 Å². The van der Waals surface area contributed by atoms with E-state index in [9.17, 15) is 19.2 Å². The average Bonchev–Trinajstić information content (AvgIpc) is 3.25. The average molecular weight is 803 g/mol. The van der Waals surface area contributed by atoms with Gasteiger partial charge in [0.15, 0.2) is 0 Å². The van der Waals surface area contributed by atoms with E-state index in [1.807, 2.05) is 43.3 Å². The second-order valence-electron chi connectivity index (χ2n) is 14.0. The first-order chi connectivity index (χ1) is 29.7. The Morgan fingerprint density at radius 1 is 0.475 bits per heavy atom. The van der Waals surface area contributed by atoms with Crippen LogP contribution in [0.1, 0.15) is 48.4 Å². The van der Waals surface area contributed by atoms with E-state index >= 15 is 0 Å². The first-order valence-corrected chi connectivity index (χ1v) is 19.2. The van der Waals surface area contributed by atoms with Gasteiger partial charge in [-0.1, -0.05) is 86.5 Å². The van der Waals surface area contributed by atoms with Gasteiger partial charge in [-0.3, -0.25) is 29.8 Å². The fourth-order valence-corrected chi connectivity index (χ4v) is 7.97. The van der Waals surface area contributed by atoms with E-state index in [1.165, 1.54) is 0 Å². The Morgan fingerprint density at radius 3 is 1.23 bits per heavy atom. The zero-order valence-corrected chi connectivity index (χ0v) is 32.7. The van der Waals surface area contributed by atoms with Crippen LogP contribution in [-0.2, 0) is 0 Å². The van der Waals surface area contributed by atoms with Crippen LogP contribution in [-0.4, -0.2) is 23.6 Å². The molecule has 10 nitrogen and oxygen atoms in total. The molecule has 7 aromatic carbocycles. The smallest absolute Gasteiger partial charge is 0.258 e. The zero-order chi connectivity index (χ0) is 42.4. The summed E-state index contributed by atoms with van der Waals surface area (Å²) in [5.74, 6) is -0.181. The normalized spacial score (nSPS) is 14.0. The van der Waals surface area contributed by atoms with Crippen molar-refractivity contribution in [2.75, 3.05) is 0 Å². The Bertz CT molecular complexity index is 3210. The number of para-hydroxylation sites is 2. The molecule has 0 atom stereocenters. The van der Waals surface area contributed by atoms with E-state index < -0.39 is 23.6 Å². The molecule has 0 fully saturated rings. The van der Waals surface area contributed by atoms with Gasteiger partial charge in [0.1, 0.15) is 46.0 Å². The SMILES string of the molecule is C=C/C=C\C(=C/C=C)Oc1cc2c3c(cc(Oc4ccccc4)c4c5c(OC(/C=C\C)=C/C=C)cc6c7c(cc(Oc8ccccc8)c(c1c34)c75)C(=O)NC6=O)C(=O)NC2=O. The number of ether oxygens (including phenoxy) is 4.